The number of halogens is 1. The monoisotopic (exact) mass is 484 g/mol. The number of pyridine rings is 1. The van der Waals surface area contributed by atoms with Crippen LogP contribution < -0.4 is 15.6 Å². The summed E-state index contributed by atoms with van der Waals surface area (Å²) in [7, 11) is 3.32. The van der Waals surface area contributed by atoms with Crippen LogP contribution in [0.1, 0.15) is 17.1 Å². The molecule has 0 aliphatic carbocycles. The lowest BCUT2D eigenvalue weighted by Crippen LogP contribution is -2.22. The Balaban J connectivity index is 1.47. The number of hydrogen-bond donors (Lipinski definition) is 1. The molecule has 0 unspecified atom stereocenters. The van der Waals surface area contributed by atoms with E-state index in [1.807, 2.05) is 13.0 Å². The van der Waals surface area contributed by atoms with Crippen molar-refractivity contribution in [2.24, 2.45) is 7.05 Å². The Morgan fingerprint density at radius 3 is 2.85 bits per heavy atom. The van der Waals surface area contributed by atoms with E-state index in [4.69, 9.17) is 16.3 Å². The zero-order valence-corrected chi connectivity index (χ0v) is 19.8. The van der Waals surface area contributed by atoms with Crippen LogP contribution in [0.5, 0.6) is 5.75 Å². The predicted molar refractivity (Wildman–Crippen MR) is 127 cm³/mol. The number of fused-ring (bicyclic) bond motifs is 1. The number of ether oxygens (including phenoxy) is 1. The number of nitrogens with zero attached hydrogens (tertiary/aromatic N) is 5. The number of rotatable bonds is 7. The maximum absolute atomic E-state index is 12.9. The van der Waals surface area contributed by atoms with E-state index in [2.05, 4.69) is 20.5 Å². The molecule has 4 aromatic rings. The van der Waals surface area contributed by atoms with Crippen molar-refractivity contribution in [2.45, 2.75) is 18.5 Å². The van der Waals surface area contributed by atoms with Gasteiger partial charge in [0.1, 0.15) is 17.2 Å². The highest BCUT2D eigenvalue weighted by Crippen LogP contribution is 2.28. The number of carbonyl (C=O) groups excluding carboxylic acids is 1. The van der Waals surface area contributed by atoms with E-state index >= 15 is 0 Å². The van der Waals surface area contributed by atoms with Gasteiger partial charge in [-0.2, -0.15) is 0 Å². The molecular weight excluding hydrogens is 464 g/mol. The number of aromatic nitrogens is 5. The van der Waals surface area contributed by atoms with Crippen LogP contribution in [0.15, 0.2) is 52.5 Å². The van der Waals surface area contributed by atoms with Gasteiger partial charge >= 0.3 is 0 Å². The quantitative estimate of drug-likeness (QED) is 0.402. The standard InChI is InChI=1S/C22H21ClN6O3S/c1-13-15(21(31)29-9-5-4-6-18(29)24-13)11-19-26-27-22(28(19)2)33-12-20(30)25-16-10-14(23)7-8-17(16)32-3/h4-10H,11-12H2,1-3H3,(H,25,30). The normalized spacial score (nSPS) is 11.0. The first kappa shape index (κ1) is 22.8. The van der Waals surface area contributed by atoms with Crippen molar-refractivity contribution in [3.63, 3.8) is 0 Å². The molecule has 170 valence electrons. The Bertz CT molecular complexity index is 1400. The van der Waals surface area contributed by atoms with Gasteiger partial charge in [0.2, 0.25) is 5.91 Å². The molecule has 0 spiro atoms. The fourth-order valence-electron chi connectivity index (χ4n) is 3.32. The minimum Gasteiger partial charge on any atom is -0.495 e. The molecule has 0 aliphatic rings. The molecule has 3 aromatic heterocycles. The number of hydrogen-bond acceptors (Lipinski definition) is 7. The third-order valence-electron chi connectivity index (χ3n) is 5.06. The van der Waals surface area contributed by atoms with Crippen molar-refractivity contribution in [2.75, 3.05) is 18.2 Å². The van der Waals surface area contributed by atoms with Gasteiger partial charge in [0.05, 0.1) is 18.6 Å². The second kappa shape index (κ2) is 9.63. The van der Waals surface area contributed by atoms with Gasteiger partial charge in [0.25, 0.3) is 5.56 Å². The second-order valence-corrected chi connectivity index (χ2v) is 8.60. The van der Waals surface area contributed by atoms with Crippen molar-refractivity contribution in [3.05, 3.63) is 75.1 Å². The number of anilines is 1. The summed E-state index contributed by atoms with van der Waals surface area (Å²) < 4.78 is 8.54. The summed E-state index contributed by atoms with van der Waals surface area (Å²) >= 11 is 7.25. The Morgan fingerprint density at radius 1 is 1.24 bits per heavy atom. The van der Waals surface area contributed by atoms with Crippen LogP contribution in [0.4, 0.5) is 5.69 Å². The lowest BCUT2D eigenvalue weighted by Gasteiger charge is -2.10. The van der Waals surface area contributed by atoms with Crippen LogP contribution >= 0.6 is 23.4 Å². The Hall–Kier alpha value is -3.37. The highest BCUT2D eigenvalue weighted by molar-refractivity contribution is 7.99. The Morgan fingerprint density at radius 2 is 2.06 bits per heavy atom. The molecule has 4 rings (SSSR count). The number of nitrogens with one attached hydrogen (secondary N) is 1. The molecule has 33 heavy (non-hydrogen) atoms. The molecule has 0 saturated carbocycles. The molecule has 1 aromatic carbocycles. The lowest BCUT2D eigenvalue weighted by atomic mass is 10.1. The van der Waals surface area contributed by atoms with Crippen LogP contribution in [-0.4, -0.2) is 42.9 Å². The van der Waals surface area contributed by atoms with Crippen molar-refractivity contribution in [1.82, 2.24) is 24.1 Å². The van der Waals surface area contributed by atoms with E-state index in [0.717, 1.165) is 0 Å². The molecule has 0 fully saturated rings. The maximum Gasteiger partial charge on any atom is 0.261 e. The largest absolute Gasteiger partial charge is 0.495 e. The smallest absolute Gasteiger partial charge is 0.261 e. The summed E-state index contributed by atoms with van der Waals surface area (Å²) in [6.07, 6.45) is 1.98. The second-order valence-electron chi connectivity index (χ2n) is 7.23. The van der Waals surface area contributed by atoms with E-state index in [0.29, 0.717) is 44.3 Å². The average molecular weight is 485 g/mol. The molecule has 1 amide bonds. The van der Waals surface area contributed by atoms with Crippen LogP contribution in [0.25, 0.3) is 5.65 Å². The predicted octanol–water partition coefficient (Wildman–Crippen LogP) is 3.12. The zero-order chi connectivity index (χ0) is 23.5. The van der Waals surface area contributed by atoms with Gasteiger partial charge < -0.3 is 14.6 Å². The number of benzene rings is 1. The Kier molecular flexibility index (Phi) is 6.66. The van der Waals surface area contributed by atoms with Gasteiger partial charge in [-0.1, -0.05) is 29.4 Å². The van der Waals surface area contributed by atoms with E-state index in [1.165, 1.54) is 23.3 Å². The zero-order valence-electron chi connectivity index (χ0n) is 18.2. The number of methoxy groups -OCH3 is 1. The van der Waals surface area contributed by atoms with Crippen molar-refractivity contribution >= 4 is 40.6 Å². The molecule has 0 saturated heterocycles. The van der Waals surface area contributed by atoms with Gasteiger partial charge in [0.15, 0.2) is 5.16 Å². The van der Waals surface area contributed by atoms with E-state index in [-0.39, 0.29) is 23.6 Å². The Labute approximate surface area is 198 Å². The SMILES string of the molecule is COc1ccc(Cl)cc1NC(=O)CSc1nnc(Cc2c(C)nc3ccccn3c2=O)n1C. The lowest BCUT2D eigenvalue weighted by molar-refractivity contribution is -0.113. The van der Waals surface area contributed by atoms with Crippen LogP contribution in [0, 0.1) is 6.92 Å². The van der Waals surface area contributed by atoms with E-state index < -0.39 is 0 Å². The summed E-state index contributed by atoms with van der Waals surface area (Å²) in [5, 5.41) is 12.2. The highest BCUT2D eigenvalue weighted by Gasteiger charge is 2.17. The average Bonchev–Trinajstić information content (AvgIpc) is 3.14. The molecule has 0 radical (unpaired) electrons. The van der Waals surface area contributed by atoms with Gasteiger partial charge in [-0.25, -0.2) is 4.98 Å². The van der Waals surface area contributed by atoms with Crippen LogP contribution in [0.2, 0.25) is 5.02 Å². The van der Waals surface area contributed by atoms with E-state index in [1.54, 1.807) is 48.1 Å². The summed E-state index contributed by atoms with van der Waals surface area (Å²) in [4.78, 5) is 29.9. The molecule has 0 aliphatic heterocycles. The first-order valence-electron chi connectivity index (χ1n) is 9.98. The fourth-order valence-corrected chi connectivity index (χ4v) is 4.22. The van der Waals surface area contributed by atoms with Crippen molar-refractivity contribution in [1.29, 1.82) is 0 Å². The maximum atomic E-state index is 12.9. The molecule has 0 atom stereocenters. The summed E-state index contributed by atoms with van der Waals surface area (Å²) in [6.45, 7) is 1.81. The van der Waals surface area contributed by atoms with Gasteiger partial charge in [0, 0.05) is 35.9 Å². The van der Waals surface area contributed by atoms with Crippen LogP contribution in [0.3, 0.4) is 0 Å². The number of carbonyl (C=O) groups is 1. The number of amides is 1. The van der Waals surface area contributed by atoms with Gasteiger partial charge in [-0.3, -0.25) is 14.0 Å². The summed E-state index contributed by atoms with van der Waals surface area (Å²) in [5.74, 6) is 0.996. The third-order valence-corrected chi connectivity index (χ3v) is 6.32. The first-order chi connectivity index (χ1) is 15.9. The summed E-state index contributed by atoms with van der Waals surface area (Å²) in [6, 6.07) is 10.4. The molecule has 0 bridgehead atoms. The molecular formula is C22H21ClN6O3S. The third kappa shape index (κ3) is 4.86. The fraction of sp³-hybridized carbons (Fsp3) is 0.227. The molecule has 9 nitrogen and oxygen atoms in total. The number of aryl methyl sites for hydroxylation is 1. The molecule has 11 heteroatoms. The topological polar surface area (TPSA) is 103 Å². The minimum atomic E-state index is -0.238. The van der Waals surface area contributed by atoms with Gasteiger partial charge in [-0.05, 0) is 37.3 Å². The van der Waals surface area contributed by atoms with Crippen LogP contribution in [-0.2, 0) is 18.3 Å². The molecule has 1 N–H and O–H groups in total. The van der Waals surface area contributed by atoms with Crippen molar-refractivity contribution < 1.29 is 9.53 Å². The summed E-state index contributed by atoms with van der Waals surface area (Å²) in [5.41, 5.74) is 2.16. The number of thioether (sulfide) groups is 1. The highest BCUT2D eigenvalue weighted by atomic mass is 35.5. The van der Waals surface area contributed by atoms with Gasteiger partial charge in [-0.15, -0.1) is 10.2 Å². The molecule has 3 heterocycles. The first-order valence-corrected chi connectivity index (χ1v) is 11.3. The minimum absolute atomic E-state index is 0.112. The van der Waals surface area contributed by atoms with E-state index in [9.17, 15) is 9.59 Å². The van der Waals surface area contributed by atoms with Crippen molar-refractivity contribution in [3.8, 4) is 5.75 Å².